The van der Waals surface area contributed by atoms with E-state index < -0.39 is 22.6 Å². The summed E-state index contributed by atoms with van der Waals surface area (Å²) in [4.78, 5) is 37.1. The summed E-state index contributed by atoms with van der Waals surface area (Å²) in [6.07, 6.45) is 1.36. The Labute approximate surface area is 131 Å². The Hall–Kier alpha value is -1.97. The first-order valence-electron chi connectivity index (χ1n) is 7.20. The van der Waals surface area contributed by atoms with E-state index in [9.17, 15) is 14.4 Å². The van der Waals surface area contributed by atoms with Crippen LogP contribution in [-0.2, 0) is 19.1 Å². The predicted octanol–water partition coefficient (Wildman–Crippen LogP) is 3.53. The zero-order valence-corrected chi connectivity index (χ0v) is 14.4. The molecule has 0 amide bonds. The first-order valence-corrected chi connectivity index (χ1v) is 7.20. The topological polar surface area (TPSA) is 60.4 Å². The Morgan fingerprint density at radius 1 is 1.05 bits per heavy atom. The summed E-state index contributed by atoms with van der Waals surface area (Å²) in [5.74, 6) is -1.57. The maximum absolute atomic E-state index is 12.7. The van der Waals surface area contributed by atoms with E-state index >= 15 is 0 Å². The lowest BCUT2D eigenvalue weighted by Crippen LogP contribution is -2.33. The molecular formula is C18H24O4. The van der Waals surface area contributed by atoms with Crippen molar-refractivity contribution in [1.82, 2.24) is 0 Å². The molecule has 1 rings (SSSR count). The molecule has 0 aromatic carbocycles. The Morgan fingerprint density at radius 2 is 1.55 bits per heavy atom. The molecule has 0 atom stereocenters. The van der Waals surface area contributed by atoms with Crippen LogP contribution in [-0.4, -0.2) is 17.5 Å². The summed E-state index contributed by atoms with van der Waals surface area (Å²) in [5.41, 5.74) is -0.392. The largest absolute Gasteiger partial charge is 0.419 e. The summed E-state index contributed by atoms with van der Waals surface area (Å²) in [6, 6.07) is 0. The molecule has 0 aromatic heterocycles. The van der Waals surface area contributed by atoms with E-state index in [0.717, 1.165) is 0 Å². The Bertz CT molecular complexity index is 616. The summed E-state index contributed by atoms with van der Waals surface area (Å²) < 4.78 is 5.23. The van der Waals surface area contributed by atoms with Crippen molar-refractivity contribution >= 4 is 17.5 Å². The standard InChI is InChI=1S/C18H24O4/c1-10(2)16(21)22-15-13(18(6,7)8)12(19)9-11(14(15)20)17(3,4)5/h9H,1H2,2-8H3. The van der Waals surface area contributed by atoms with Gasteiger partial charge in [-0.2, -0.15) is 0 Å². The van der Waals surface area contributed by atoms with E-state index in [1.54, 1.807) is 20.8 Å². The van der Waals surface area contributed by atoms with Crippen LogP contribution in [0.2, 0.25) is 0 Å². The lowest BCUT2D eigenvalue weighted by Gasteiger charge is -2.30. The van der Waals surface area contributed by atoms with Gasteiger partial charge >= 0.3 is 5.97 Å². The number of esters is 1. The molecule has 0 bridgehead atoms. The van der Waals surface area contributed by atoms with Gasteiger partial charge in [0, 0.05) is 11.1 Å². The molecule has 1 aliphatic rings. The van der Waals surface area contributed by atoms with Gasteiger partial charge in [-0.3, -0.25) is 9.59 Å². The molecule has 0 fully saturated rings. The normalized spacial score (nSPS) is 16.6. The van der Waals surface area contributed by atoms with E-state index in [2.05, 4.69) is 6.58 Å². The van der Waals surface area contributed by atoms with Crippen molar-refractivity contribution in [1.29, 1.82) is 0 Å². The number of ketones is 2. The molecule has 0 heterocycles. The highest BCUT2D eigenvalue weighted by atomic mass is 16.5. The van der Waals surface area contributed by atoms with Crippen LogP contribution in [0, 0.1) is 10.8 Å². The van der Waals surface area contributed by atoms with Gasteiger partial charge in [-0.1, -0.05) is 48.1 Å². The van der Waals surface area contributed by atoms with Crippen molar-refractivity contribution in [2.45, 2.75) is 48.5 Å². The fourth-order valence-corrected chi connectivity index (χ4v) is 2.16. The summed E-state index contributed by atoms with van der Waals surface area (Å²) >= 11 is 0. The summed E-state index contributed by atoms with van der Waals surface area (Å²) in [6.45, 7) is 15.9. The molecule has 0 N–H and O–H groups in total. The number of carbonyl (C=O) groups excluding carboxylic acids is 3. The van der Waals surface area contributed by atoms with Gasteiger partial charge in [-0.25, -0.2) is 4.79 Å². The number of rotatable bonds is 2. The molecule has 0 radical (unpaired) electrons. The fraction of sp³-hybridized carbons (Fsp3) is 0.500. The van der Waals surface area contributed by atoms with Crippen LogP contribution in [0.15, 0.2) is 35.1 Å². The van der Waals surface area contributed by atoms with Crippen LogP contribution in [0.5, 0.6) is 0 Å². The van der Waals surface area contributed by atoms with Crippen molar-refractivity contribution in [3.8, 4) is 0 Å². The number of carbonyl (C=O) groups is 3. The van der Waals surface area contributed by atoms with Crippen molar-refractivity contribution in [3.05, 3.63) is 35.1 Å². The third-order valence-corrected chi connectivity index (χ3v) is 3.30. The lowest BCUT2D eigenvalue weighted by atomic mass is 9.73. The maximum Gasteiger partial charge on any atom is 0.338 e. The Kier molecular flexibility index (Phi) is 4.66. The Morgan fingerprint density at radius 3 is 1.91 bits per heavy atom. The zero-order valence-electron chi connectivity index (χ0n) is 14.4. The quantitative estimate of drug-likeness (QED) is 0.445. The maximum atomic E-state index is 12.7. The van der Waals surface area contributed by atoms with Crippen molar-refractivity contribution < 1.29 is 19.1 Å². The molecule has 0 aliphatic heterocycles. The average Bonchev–Trinajstić information content (AvgIpc) is 2.29. The molecule has 0 unspecified atom stereocenters. The van der Waals surface area contributed by atoms with Crippen molar-refractivity contribution in [2.75, 3.05) is 0 Å². The van der Waals surface area contributed by atoms with Crippen LogP contribution >= 0.6 is 0 Å². The van der Waals surface area contributed by atoms with Gasteiger partial charge in [0.05, 0.1) is 5.57 Å². The summed E-state index contributed by atoms with van der Waals surface area (Å²) in [7, 11) is 0. The van der Waals surface area contributed by atoms with Gasteiger partial charge in [0.1, 0.15) is 0 Å². The molecule has 0 aromatic rings. The highest BCUT2D eigenvalue weighted by Crippen LogP contribution is 2.38. The molecule has 4 nitrogen and oxygen atoms in total. The average molecular weight is 304 g/mol. The van der Waals surface area contributed by atoms with E-state index in [1.807, 2.05) is 20.8 Å². The number of allylic oxidation sites excluding steroid dienone is 3. The second-order valence-electron chi connectivity index (χ2n) is 7.63. The minimum Gasteiger partial charge on any atom is -0.419 e. The number of Topliss-reactive ketones (excluding diaryl/α,β-unsaturated/α-hetero) is 1. The van der Waals surface area contributed by atoms with Crippen molar-refractivity contribution in [2.24, 2.45) is 10.8 Å². The molecule has 1 aliphatic carbocycles. The Balaban J connectivity index is 3.50. The first-order chi connectivity index (χ1) is 9.76. The molecule has 0 spiro atoms. The highest BCUT2D eigenvalue weighted by molar-refractivity contribution is 6.23. The van der Waals surface area contributed by atoms with E-state index in [-0.39, 0.29) is 22.7 Å². The second kappa shape index (κ2) is 5.67. The highest BCUT2D eigenvalue weighted by Gasteiger charge is 2.40. The molecule has 4 heteroatoms. The second-order valence-corrected chi connectivity index (χ2v) is 7.63. The van der Waals surface area contributed by atoms with Gasteiger partial charge < -0.3 is 4.74 Å². The minimum atomic E-state index is -0.701. The lowest BCUT2D eigenvalue weighted by molar-refractivity contribution is -0.138. The smallest absolute Gasteiger partial charge is 0.338 e. The van der Waals surface area contributed by atoms with E-state index in [0.29, 0.717) is 5.57 Å². The fourth-order valence-electron chi connectivity index (χ4n) is 2.16. The van der Waals surface area contributed by atoms with Gasteiger partial charge in [0.15, 0.2) is 11.5 Å². The van der Waals surface area contributed by atoms with Gasteiger partial charge in [0.2, 0.25) is 5.78 Å². The molecular weight excluding hydrogens is 280 g/mol. The first kappa shape index (κ1) is 18.1. The van der Waals surface area contributed by atoms with Crippen molar-refractivity contribution in [3.63, 3.8) is 0 Å². The molecule has 120 valence electrons. The number of hydrogen-bond donors (Lipinski definition) is 0. The van der Waals surface area contributed by atoms with Crippen LogP contribution in [0.1, 0.15) is 48.5 Å². The predicted molar refractivity (Wildman–Crippen MR) is 84.9 cm³/mol. The van der Waals surface area contributed by atoms with Gasteiger partial charge in [-0.15, -0.1) is 0 Å². The van der Waals surface area contributed by atoms with Crippen LogP contribution in [0.25, 0.3) is 0 Å². The third-order valence-electron chi connectivity index (χ3n) is 3.30. The van der Waals surface area contributed by atoms with Crippen LogP contribution in [0.3, 0.4) is 0 Å². The van der Waals surface area contributed by atoms with Gasteiger partial charge in [0.25, 0.3) is 0 Å². The van der Waals surface area contributed by atoms with E-state index in [1.165, 1.54) is 13.0 Å². The van der Waals surface area contributed by atoms with Crippen LogP contribution < -0.4 is 0 Å². The summed E-state index contributed by atoms with van der Waals surface area (Å²) in [5, 5.41) is 0. The monoisotopic (exact) mass is 304 g/mol. The number of hydrogen-bond acceptors (Lipinski definition) is 4. The number of ether oxygens (including phenoxy) is 1. The minimum absolute atomic E-state index is 0.169. The van der Waals surface area contributed by atoms with Gasteiger partial charge in [-0.05, 0) is 23.8 Å². The zero-order chi connectivity index (χ0) is 17.5. The molecule has 22 heavy (non-hydrogen) atoms. The third kappa shape index (κ3) is 3.62. The van der Waals surface area contributed by atoms with E-state index in [4.69, 9.17) is 4.74 Å². The SMILES string of the molecule is C=C(C)C(=O)OC1=C(C(C)(C)C)C(=O)C=C(C(C)(C)C)C1=O. The molecule has 0 saturated heterocycles. The van der Waals surface area contributed by atoms with Crippen LogP contribution in [0.4, 0.5) is 0 Å². The molecule has 0 saturated carbocycles.